The Morgan fingerprint density at radius 2 is 2.12 bits per heavy atom. The Morgan fingerprint density at radius 1 is 1.33 bits per heavy atom. The number of terminal acetylenes is 1. The van der Waals surface area contributed by atoms with E-state index in [0.29, 0.717) is 29.5 Å². The lowest BCUT2D eigenvalue weighted by molar-refractivity contribution is 0.584. The SMILES string of the molecule is C#CCn1c(=O)n(CCC)c(=O)c2[nH]c(-c3ccc(Cl)nc3)nc21. The van der Waals surface area contributed by atoms with Crippen LogP contribution in [0.25, 0.3) is 22.6 Å². The largest absolute Gasteiger partial charge is 0.333 e. The molecule has 1 N–H and O–H groups in total. The van der Waals surface area contributed by atoms with Gasteiger partial charge >= 0.3 is 5.69 Å². The molecule has 8 heteroatoms. The number of nitrogens with zero attached hydrogens (tertiary/aromatic N) is 4. The van der Waals surface area contributed by atoms with Gasteiger partial charge in [-0.25, -0.2) is 14.8 Å². The average molecular weight is 344 g/mol. The molecule has 122 valence electrons. The van der Waals surface area contributed by atoms with Crippen molar-refractivity contribution in [3.63, 3.8) is 0 Å². The Labute approximate surface area is 141 Å². The predicted molar refractivity (Wildman–Crippen MR) is 92.0 cm³/mol. The van der Waals surface area contributed by atoms with Gasteiger partial charge in [0.15, 0.2) is 5.65 Å². The summed E-state index contributed by atoms with van der Waals surface area (Å²) in [6.07, 6.45) is 7.54. The normalized spacial score (nSPS) is 10.9. The van der Waals surface area contributed by atoms with Crippen LogP contribution in [0.5, 0.6) is 0 Å². The topological polar surface area (TPSA) is 85.6 Å². The van der Waals surface area contributed by atoms with E-state index in [2.05, 4.69) is 20.9 Å². The predicted octanol–water partition coefficient (Wildman–Crippen LogP) is 1.64. The smallest absolute Gasteiger partial charge is 0.332 e. The molecule has 0 fully saturated rings. The molecule has 0 saturated heterocycles. The van der Waals surface area contributed by atoms with Crippen molar-refractivity contribution in [2.45, 2.75) is 26.4 Å². The van der Waals surface area contributed by atoms with Crippen molar-refractivity contribution in [3.8, 4) is 23.7 Å². The summed E-state index contributed by atoms with van der Waals surface area (Å²) in [5, 5.41) is 0.351. The number of hydrogen-bond acceptors (Lipinski definition) is 4. The summed E-state index contributed by atoms with van der Waals surface area (Å²) < 4.78 is 2.48. The van der Waals surface area contributed by atoms with Crippen LogP contribution in [0.3, 0.4) is 0 Å². The minimum absolute atomic E-state index is 0.0302. The van der Waals surface area contributed by atoms with Crippen molar-refractivity contribution in [3.05, 3.63) is 44.3 Å². The van der Waals surface area contributed by atoms with E-state index in [0.717, 1.165) is 0 Å². The first-order valence-electron chi connectivity index (χ1n) is 7.35. The maximum Gasteiger partial charge on any atom is 0.333 e. The summed E-state index contributed by atoms with van der Waals surface area (Å²) in [6.45, 7) is 2.23. The van der Waals surface area contributed by atoms with Gasteiger partial charge in [-0.1, -0.05) is 24.4 Å². The Kier molecular flexibility index (Phi) is 4.23. The minimum Gasteiger partial charge on any atom is -0.332 e. The third-order valence-corrected chi connectivity index (χ3v) is 3.78. The van der Waals surface area contributed by atoms with Crippen LogP contribution in [-0.2, 0) is 13.1 Å². The highest BCUT2D eigenvalue weighted by Crippen LogP contribution is 2.18. The first-order chi connectivity index (χ1) is 11.6. The molecule has 0 bridgehead atoms. The number of nitrogens with one attached hydrogen (secondary N) is 1. The summed E-state index contributed by atoms with van der Waals surface area (Å²) in [6, 6.07) is 3.34. The zero-order valence-electron chi connectivity index (χ0n) is 12.9. The van der Waals surface area contributed by atoms with Gasteiger partial charge in [-0.15, -0.1) is 6.42 Å². The molecule has 7 nitrogen and oxygen atoms in total. The number of aromatic nitrogens is 5. The number of rotatable bonds is 4. The van der Waals surface area contributed by atoms with Crippen molar-refractivity contribution in [1.29, 1.82) is 0 Å². The lowest BCUT2D eigenvalue weighted by Crippen LogP contribution is -2.40. The van der Waals surface area contributed by atoms with Crippen molar-refractivity contribution in [2.24, 2.45) is 0 Å². The Balaban J connectivity index is 2.32. The Hall–Kier alpha value is -2.85. The van der Waals surface area contributed by atoms with E-state index in [4.69, 9.17) is 18.0 Å². The fourth-order valence-electron chi connectivity index (χ4n) is 2.47. The molecule has 0 atom stereocenters. The van der Waals surface area contributed by atoms with Gasteiger partial charge in [-0.05, 0) is 18.6 Å². The maximum atomic E-state index is 12.6. The van der Waals surface area contributed by atoms with Gasteiger partial charge in [0, 0.05) is 18.3 Å². The second-order valence-corrected chi connectivity index (χ2v) is 5.57. The highest BCUT2D eigenvalue weighted by molar-refractivity contribution is 6.29. The van der Waals surface area contributed by atoms with Gasteiger partial charge in [-0.2, -0.15) is 0 Å². The van der Waals surface area contributed by atoms with Crippen LogP contribution in [0, 0.1) is 12.3 Å². The van der Waals surface area contributed by atoms with E-state index < -0.39 is 11.2 Å². The molecular weight excluding hydrogens is 330 g/mol. The number of fused-ring (bicyclic) bond motifs is 1. The maximum absolute atomic E-state index is 12.6. The molecule has 0 saturated carbocycles. The zero-order chi connectivity index (χ0) is 17.3. The van der Waals surface area contributed by atoms with Crippen molar-refractivity contribution >= 4 is 22.8 Å². The first kappa shape index (κ1) is 16.0. The summed E-state index contributed by atoms with van der Waals surface area (Å²) in [4.78, 5) is 36.4. The lowest BCUT2D eigenvalue weighted by atomic mass is 10.3. The van der Waals surface area contributed by atoms with E-state index >= 15 is 0 Å². The molecule has 0 aliphatic heterocycles. The molecule has 3 aromatic heterocycles. The van der Waals surface area contributed by atoms with Crippen LogP contribution in [0.1, 0.15) is 13.3 Å². The standard InChI is InChI=1S/C16H14ClN5O2/c1-3-7-21-14-12(15(23)22(8-4-2)16(21)24)19-13(20-14)10-5-6-11(17)18-9-10/h1,5-6,9H,4,7-8H2,2H3,(H,19,20). The minimum atomic E-state index is -0.459. The number of H-pyrrole nitrogens is 1. The van der Waals surface area contributed by atoms with Gasteiger partial charge in [0.1, 0.15) is 16.5 Å². The molecule has 0 aliphatic carbocycles. The number of halogens is 1. The second-order valence-electron chi connectivity index (χ2n) is 5.18. The van der Waals surface area contributed by atoms with Crippen LogP contribution in [-0.4, -0.2) is 24.1 Å². The van der Waals surface area contributed by atoms with Crippen LogP contribution >= 0.6 is 11.6 Å². The molecule has 0 aromatic carbocycles. The summed E-state index contributed by atoms with van der Waals surface area (Å²) in [5.41, 5.74) is 0.255. The molecule has 0 radical (unpaired) electrons. The lowest BCUT2D eigenvalue weighted by Gasteiger charge is -2.07. The third kappa shape index (κ3) is 2.61. The fraction of sp³-hybridized carbons (Fsp3) is 0.250. The molecule has 3 aromatic rings. The second kappa shape index (κ2) is 6.34. The highest BCUT2D eigenvalue weighted by atomic mass is 35.5. The van der Waals surface area contributed by atoms with Crippen LogP contribution in [0.2, 0.25) is 5.15 Å². The van der Waals surface area contributed by atoms with Gasteiger partial charge in [-0.3, -0.25) is 13.9 Å². The third-order valence-electron chi connectivity index (χ3n) is 3.56. The van der Waals surface area contributed by atoms with E-state index in [1.807, 2.05) is 6.92 Å². The van der Waals surface area contributed by atoms with E-state index in [-0.39, 0.29) is 17.7 Å². The molecule has 3 heterocycles. The monoisotopic (exact) mass is 343 g/mol. The van der Waals surface area contributed by atoms with Crippen molar-refractivity contribution in [1.82, 2.24) is 24.1 Å². The summed E-state index contributed by atoms with van der Waals surface area (Å²) >= 11 is 5.78. The van der Waals surface area contributed by atoms with Crippen LogP contribution in [0.4, 0.5) is 0 Å². The van der Waals surface area contributed by atoms with Crippen LogP contribution < -0.4 is 11.2 Å². The first-order valence-corrected chi connectivity index (χ1v) is 7.73. The quantitative estimate of drug-likeness (QED) is 0.576. The summed E-state index contributed by atoms with van der Waals surface area (Å²) in [7, 11) is 0. The van der Waals surface area contributed by atoms with Crippen LogP contribution in [0.15, 0.2) is 27.9 Å². The molecule has 0 unspecified atom stereocenters. The molecule has 0 aliphatic rings. The number of hydrogen-bond donors (Lipinski definition) is 1. The van der Waals surface area contributed by atoms with E-state index in [9.17, 15) is 9.59 Å². The zero-order valence-corrected chi connectivity index (χ0v) is 13.7. The molecule has 0 spiro atoms. The van der Waals surface area contributed by atoms with Gasteiger partial charge in [0.25, 0.3) is 5.56 Å². The molecule has 3 rings (SSSR count). The number of imidazole rings is 1. The molecular formula is C16H14ClN5O2. The fourth-order valence-corrected chi connectivity index (χ4v) is 2.59. The average Bonchev–Trinajstić information content (AvgIpc) is 3.01. The van der Waals surface area contributed by atoms with Gasteiger partial charge in [0.05, 0.1) is 6.54 Å². The Bertz CT molecular complexity index is 1050. The van der Waals surface area contributed by atoms with E-state index in [1.165, 1.54) is 15.3 Å². The van der Waals surface area contributed by atoms with Crippen molar-refractivity contribution in [2.75, 3.05) is 0 Å². The van der Waals surface area contributed by atoms with E-state index in [1.54, 1.807) is 12.1 Å². The number of pyridine rings is 1. The summed E-state index contributed by atoms with van der Waals surface area (Å²) in [5.74, 6) is 2.85. The van der Waals surface area contributed by atoms with Gasteiger partial charge < -0.3 is 4.98 Å². The van der Waals surface area contributed by atoms with Gasteiger partial charge in [0.2, 0.25) is 0 Å². The Morgan fingerprint density at radius 3 is 2.75 bits per heavy atom. The highest BCUT2D eigenvalue weighted by Gasteiger charge is 2.17. The molecule has 24 heavy (non-hydrogen) atoms. The number of aromatic amines is 1. The molecule has 0 amide bonds. The van der Waals surface area contributed by atoms with Crippen molar-refractivity contribution < 1.29 is 0 Å².